The second-order valence-electron chi connectivity index (χ2n) is 3.58. The van der Waals surface area contributed by atoms with E-state index in [1.54, 1.807) is 19.4 Å². The van der Waals surface area contributed by atoms with Gasteiger partial charge in [0, 0.05) is 12.3 Å². The fourth-order valence-corrected chi connectivity index (χ4v) is 1.87. The van der Waals surface area contributed by atoms with Gasteiger partial charge in [0.25, 0.3) is 0 Å². The molecular formula is C13H11BrClNO2. The number of rotatable bonds is 4. The van der Waals surface area contributed by atoms with E-state index < -0.39 is 0 Å². The number of hydrogen-bond donors (Lipinski definition) is 0. The molecule has 0 saturated carbocycles. The molecule has 2 rings (SSSR count). The van der Waals surface area contributed by atoms with Crippen LogP contribution in [0.25, 0.3) is 0 Å². The lowest BCUT2D eigenvalue weighted by atomic mass is 10.2. The van der Waals surface area contributed by atoms with Crippen molar-refractivity contribution in [2.24, 2.45) is 0 Å². The summed E-state index contributed by atoms with van der Waals surface area (Å²) < 4.78 is 11.4. The first-order valence-corrected chi connectivity index (χ1v) is 6.43. The highest BCUT2D eigenvalue weighted by molar-refractivity contribution is 9.10. The van der Waals surface area contributed by atoms with Crippen LogP contribution < -0.4 is 9.47 Å². The molecule has 3 nitrogen and oxygen atoms in total. The maximum Gasteiger partial charge on any atom is 0.154 e. The molecule has 0 spiro atoms. The van der Waals surface area contributed by atoms with Gasteiger partial charge >= 0.3 is 0 Å². The maximum atomic E-state index is 5.86. The van der Waals surface area contributed by atoms with Crippen LogP contribution in [0.1, 0.15) is 5.56 Å². The van der Waals surface area contributed by atoms with Crippen molar-refractivity contribution in [3.8, 4) is 11.5 Å². The minimum atomic E-state index is 0.449. The molecule has 1 aromatic heterocycles. The average Bonchev–Trinajstić information content (AvgIpc) is 2.40. The molecule has 1 heterocycles. The minimum absolute atomic E-state index is 0.449. The van der Waals surface area contributed by atoms with Crippen LogP contribution in [0.15, 0.2) is 41.1 Å². The highest BCUT2D eigenvalue weighted by Gasteiger charge is 2.04. The van der Waals surface area contributed by atoms with Crippen LogP contribution >= 0.6 is 27.5 Å². The summed E-state index contributed by atoms with van der Waals surface area (Å²) in [7, 11) is 1.64. The number of halogens is 2. The van der Waals surface area contributed by atoms with E-state index in [9.17, 15) is 0 Å². The van der Waals surface area contributed by atoms with Crippen molar-refractivity contribution in [1.82, 2.24) is 4.98 Å². The Morgan fingerprint density at radius 3 is 2.67 bits per heavy atom. The summed E-state index contributed by atoms with van der Waals surface area (Å²) >= 11 is 9.17. The van der Waals surface area contributed by atoms with E-state index in [0.717, 1.165) is 11.3 Å². The molecule has 0 fully saturated rings. The molecule has 0 unspecified atom stereocenters. The second-order valence-corrected chi connectivity index (χ2v) is 4.77. The number of pyridine rings is 1. The normalized spacial score (nSPS) is 10.2. The van der Waals surface area contributed by atoms with E-state index in [1.165, 1.54) is 0 Å². The molecule has 18 heavy (non-hydrogen) atoms. The third-order valence-corrected chi connectivity index (χ3v) is 3.13. The van der Waals surface area contributed by atoms with Crippen molar-refractivity contribution in [3.05, 3.63) is 51.7 Å². The smallest absolute Gasteiger partial charge is 0.154 e. The van der Waals surface area contributed by atoms with E-state index in [1.807, 2.05) is 24.3 Å². The van der Waals surface area contributed by atoms with Crippen molar-refractivity contribution in [2.75, 3.05) is 7.11 Å². The van der Waals surface area contributed by atoms with Crippen LogP contribution in [0.3, 0.4) is 0 Å². The van der Waals surface area contributed by atoms with E-state index in [4.69, 9.17) is 21.1 Å². The lowest BCUT2D eigenvalue weighted by Crippen LogP contribution is -1.97. The molecule has 0 aliphatic rings. The van der Waals surface area contributed by atoms with Gasteiger partial charge in [-0.1, -0.05) is 23.7 Å². The first kappa shape index (κ1) is 13.2. The van der Waals surface area contributed by atoms with Crippen LogP contribution in [-0.2, 0) is 6.61 Å². The highest BCUT2D eigenvalue weighted by Crippen LogP contribution is 2.26. The number of methoxy groups -OCH3 is 1. The summed E-state index contributed by atoms with van der Waals surface area (Å²) in [4.78, 5) is 4.06. The molecule has 0 atom stereocenters. The van der Waals surface area contributed by atoms with Gasteiger partial charge < -0.3 is 9.47 Å². The summed E-state index contributed by atoms with van der Waals surface area (Å²) in [6.45, 7) is 0.449. The van der Waals surface area contributed by atoms with E-state index in [-0.39, 0.29) is 0 Å². The minimum Gasteiger partial charge on any atom is -0.497 e. The molecule has 0 N–H and O–H groups in total. The highest BCUT2D eigenvalue weighted by atomic mass is 79.9. The van der Waals surface area contributed by atoms with Gasteiger partial charge in [0.05, 0.1) is 12.1 Å². The Morgan fingerprint density at radius 1 is 1.28 bits per heavy atom. The summed E-state index contributed by atoms with van der Waals surface area (Å²) in [5.74, 6) is 1.45. The summed E-state index contributed by atoms with van der Waals surface area (Å²) in [6, 6.07) is 9.41. The van der Waals surface area contributed by atoms with Crippen molar-refractivity contribution in [2.45, 2.75) is 6.61 Å². The summed E-state index contributed by atoms with van der Waals surface area (Å²) in [5.41, 5.74) is 1.04. The van der Waals surface area contributed by atoms with Crippen molar-refractivity contribution >= 4 is 27.5 Å². The summed E-state index contributed by atoms with van der Waals surface area (Å²) in [6.07, 6.45) is 1.56. The lowest BCUT2D eigenvalue weighted by molar-refractivity contribution is 0.302. The van der Waals surface area contributed by atoms with Gasteiger partial charge in [-0.15, -0.1) is 0 Å². The molecule has 0 aliphatic carbocycles. The van der Waals surface area contributed by atoms with Gasteiger partial charge in [0.2, 0.25) is 0 Å². The third kappa shape index (κ3) is 3.37. The number of hydrogen-bond acceptors (Lipinski definition) is 3. The topological polar surface area (TPSA) is 31.4 Å². The van der Waals surface area contributed by atoms with Gasteiger partial charge in [-0.3, -0.25) is 0 Å². The first-order chi connectivity index (χ1) is 8.69. The fourth-order valence-electron chi connectivity index (χ4n) is 1.39. The Hall–Kier alpha value is -1.26. The maximum absolute atomic E-state index is 5.86. The molecule has 0 aliphatic heterocycles. The summed E-state index contributed by atoms with van der Waals surface area (Å²) in [5, 5.41) is 0.544. The predicted octanol–water partition coefficient (Wildman–Crippen LogP) is 4.09. The largest absolute Gasteiger partial charge is 0.497 e. The van der Waals surface area contributed by atoms with Crippen LogP contribution in [0.2, 0.25) is 5.02 Å². The molecule has 0 saturated heterocycles. The van der Waals surface area contributed by atoms with E-state index in [2.05, 4.69) is 20.9 Å². The number of nitrogens with zero attached hydrogens (tertiary/aromatic N) is 1. The lowest BCUT2D eigenvalue weighted by Gasteiger charge is -2.08. The molecule has 1 aromatic carbocycles. The SMILES string of the molecule is COc1ccc(COc2cc(Cl)cnc2Br)cc1. The fraction of sp³-hybridized carbons (Fsp3) is 0.154. The number of benzene rings is 1. The van der Waals surface area contributed by atoms with Crippen LogP contribution in [0.4, 0.5) is 0 Å². The van der Waals surface area contributed by atoms with Crippen molar-refractivity contribution in [3.63, 3.8) is 0 Å². The van der Waals surface area contributed by atoms with Gasteiger partial charge in [-0.05, 0) is 33.6 Å². The molecule has 94 valence electrons. The average molecular weight is 329 g/mol. The third-order valence-electron chi connectivity index (χ3n) is 2.33. The van der Waals surface area contributed by atoms with Crippen LogP contribution in [0.5, 0.6) is 11.5 Å². The van der Waals surface area contributed by atoms with Gasteiger partial charge in [-0.25, -0.2) is 4.98 Å². The molecule has 5 heteroatoms. The second kappa shape index (κ2) is 6.07. The van der Waals surface area contributed by atoms with Crippen molar-refractivity contribution in [1.29, 1.82) is 0 Å². The molecule has 0 amide bonds. The molecule has 2 aromatic rings. The Balaban J connectivity index is 2.04. The standard InChI is InChI=1S/C13H11BrClNO2/c1-17-11-4-2-9(3-5-11)8-18-12-6-10(15)7-16-13(12)14/h2-7H,8H2,1H3. The zero-order valence-electron chi connectivity index (χ0n) is 9.69. The Bertz CT molecular complexity index is 531. The van der Waals surface area contributed by atoms with Gasteiger partial charge in [-0.2, -0.15) is 0 Å². The van der Waals surface area contributed by atoms with E-state index >= 15 is 0 Å². The van der Waals surface area contributed by atoms with Crippen molar-refractivity contribution < 1.29 is 9.47 Å². The molecule has 0 radical (unpaired) electrons. The van der Waals surface area contributed by atoms with Gasteiger partial charge in [0.15, 0.2) is 5.75 Å². The van der Waals surface area contributed by atoms with Crippen LogP contribution in [0, 0.1) is 0 Å². The monoisotopic (exact) mass is 327 g/mol. The number of aromatic nitrogens is 1. The molecule has 0 bridgehead atoms. The Kier molecular flexibility index (Phi) is 4.44. The quantitative estimate of drug-likeness (QED) is 0.792. The first-order valence-electron chi connectivity index (χ1n) is 5.26. The van der Waals surface area contributed by atoms with Crippen LogP contribution in [-0.4, -0.2) is 12.1 Å². The zero-order valence-corrected chi connectivity index (χ0v) is 12.0. The Labute approximate surface area is 119 Å². The van der Waals surface area contributed by atoms with Gasteiger partial charge in [0.1, 0.15) is 17.0 Å². The number of ether oxygens (including phenoxy) is 2. The predicted molar refractivity (Wildman–Crippen MR) is 74.3 cm³/mol. The Morgan fingerprint density at radius 2 is 2.00 bits per heavy atom. The van der Waals surface area contributed by atoms with E-state index in [0.29, 0.717) is 22.0 Å². The molecular weight excluding hydrogens is 318 g/mol. The zero-order chi connectivity index (χ0) is 13.0.